The molecule has 1 aromatic heterocycles. The van der Waals surface area contributed by atoms with E-state index >= 15 is 0 Å². The van der Waals surface area contributed by atoms with Crippen LogP contribution in [0.1, 0.15) is 0 Å². The average molecular weight is 289 g/mol. The molecule has 5 nitrogen and oxygen atoms in total. The first kappa shape index (κ1) is 13.3. The van der Waals surface area contributed by atoms with Gasteiger partial charge in [-0.25, -0.2) is 9.97 Å². The highest BCUT2D eigenvalue weighted by Crippen LogP contribution is 2.06. The molecule has 0 aliphatic heterocycles. The Morgan fingerprint density at radius 3 is 2.62 bits per heavy atom. The number of aromatic nitrogens is 2. The van der Waals surface area contributed by atoms with Crippen molar-refractivity contribution in [1.82, 2.24) is 14.9 Å². The summed E-state index contributed by atoms with van der Waals surface area (Å²) in [6.07, 6.45) is 3.42. The zero-order valence-electron chi connectivity index (χ0n) is 9.61. The second-order valence-corrected chi connectivity index (χ2v) is 4.48. The summed E-state index contributed by atoms with van der Waals surface area (Å²) < 4.78 is 6.30. The minimum absolute atomic E-state index is 0.624. The van der Waals surface area contributed by atoms with Gasteiger partial charge >= 0.3 is 0 Å². The number of hydrogen-bond donors (Lipinski definition) is 1. The minimum atomic E-state index is 0.624. The summed E-state index contributed by atoms with van der Waals surface area (Å²) in [5, 5.41) is 3.08. The predicted octanol–water partition coefficient (Wildman–Crippen LogP) is 1.23. The molecule has 0 aromatic carbocycles. The molecule has 0 fully saturated rings. The monoisotopic (exact) mass is 288 g/mol. The Kier molecular flexibility index (Phi) is 6.29. The van der Waals surface area contributed by atoms with Crippen molar-refractivity contribution in [2.24, 2.45) is 0 Å². The highest BCUT2D eigenvalue weighted by molar-refractivity contribution is 9.10. The van der Waals surface area contributed by atoms with Gasteiger partial charge in [0, 0.05) is 25.5 Å². The molecule has 0 saturated carbocycles. The number of hydrogen-bond acceptors (Lipinski definition) is 5. The number of halogens is 1. The van der Waals surface area contributed by atoms with Crippen molar-refractivity contribution in [3.05, 3.63) is 16.9 Å². The van der Waals surface area contributed by atoms with Crippen LogP contribution in [-0.2, 0) is 4.74 Å². The average Bonchev–Trinajstić information content (AvgIpc) is 2.25. The predicted molar refractivity (Wildman–Crippen MR) is 67.6 cm³/mol. The summed E-state index contributed by atoms with van der Waals surface area (Å²) in [7, 11) is 4.05. The largest absolute Gasteiger partial charge is 0.378 e. The molecule has 0 atom stereocenters. The summed E-state index contributed by atoms with van der Waals surface area (Å²) in [6.45, 7) is 3.06. The molecule has 0 aliphatic rings. The number of likely N-dealkylation sites (N-methyl/N-ethyl adjacent to an activating group) is 1. The van der Waals surface area contributed by atoms with Gasteiger partial charge in [0.25, 0.3) is 0 Å². The lowest BCUT2D eigenvalue weighted by molar-refractivity contribution is 0.126. The lowest BCUT2D eigenvalue weighted by atomic mass is 10.6. The van der Waals surface area contributed by atoms with Crippen LogP contribution < -0.4 is 5.32 Å². The van der Waals surface area contributed by atoms with E-state index in [9.17, 15) is 0 Å². The molecule has 90 valence electrons. The first-order valence-corrected chi connectivity index (χ1v) is 5.91. The number of ether oxygens (including phenoxy) is 1. The van der Waals surface area contributed by atoms with E-state index in [0.29, 0.717) is 12.6 Å². The third kappa shape index (κ3) is 5.99. The molecule has 0 bridgehead atoms. The number of rotatable bonds is 7. The van der Waals surface area contributed by atoms with Gasteiger partial charge in [-0.15, -0.1) is 0 Å². The van der Waals surface area contributed by atoms with E-state index < -0.39 is 0 Å². The van der Waals surface area contributed by atoms with Gasteiger partial charge in [0.2, 0.25) is 5.95 Å². The SMILES string of the molecule is CN(C)CCOCCNc1ncc(Br)cn1. The lowest BCUT2D eigenvalue weighted by Gasteiger charge is -2.10. The molecular weight excluding hydrogens is 272 g/mol. The molecule has 1 rings (SSSR count). The Morgan fingerprint density at radius 2 is 2.00 bits per heavy atom. The van der Waals surface area contributed by atoms with Crippen molar-refractivity contribution in [3.63, 3.8) is 0 Å². The van der Waals surface area contributed by atoms with Crippen LogP contribution in [0, 0.1) is 0 Å². The quantitative estimate of drug-likeness (QED) is 0.765. The smallest absolute Gasteiger partial charge is 0.222 e. The fourth-order valence-electron chi connectivity index (χ4n) is 0.988. The van der Waals surface area contributed by atoms with Crippen molar-refractivity contribution in [2.75, 3.05) is 45.7 Å². The second-order valence-electron chi connectivity index (χ2n) is 3.57. The van der Waals surface area contributed by atoms with Crippen LogP contribution in [0.15, 0.2) is 16.9 Å². The van der Waals surface area contributed by atoms with E-state index in [4.69, 9.17) is 4.74 Å². The zero-order chi connectivity index (χ0) is 11.8. The van der Waals surface area contributed by atoms with Crippen molar-refractivity contribution >= 4 is 21.9 Å². The molecule has 0 unspecified atom stereocenters. The molecule has 0 spiro atoms. The third-order valence-electron chi connectivity index (χ3n) is 1.83. The number of nitrogens with zero attached hydrogens (tertiary/aromatic N) is 3. The van der Waals surface area contributed by atoms with Crippen molar-refractivity contribution in [1.29, 1.82) is 0 Å². The highest BCUT2D eigenvalue weighted by Gasteiger charge is 1.95. The van der Waals surface area contributed by atoms with E-state index in [2.05, 4.69) is 36.1 Å². The van der Waals surface area contributed by atoms with E-state index in [-0.39, 0.29) is 0 Å². The van der Waals surface area contributed by atoms with Gasteiger partial charge in [-0.05, 0) is 30.0 Å². The maximum atomic E-state index is 5.42. The van der Waals surface area contributed by atoms with Gasteiger partial charge in [0.15, 0.2) is 0 Å². The number of anilines is 1. The Labute approximate surface area is 104 Å². The van der Waals surface area contributed by atoms with Gasteiger partial charge < -0.3 is 15.0 Å². The second kappa shape index (κ2) is 7.54. The van der Waals surface area contributed by atoms with E-state index in [1.165, 1.54) is 0 Å². The lowest BCUT2D eigenvalue weighted by Crippen LogP contribution is -2.20. The molecule has 16 heavy (non-hydrogen) atoms. The fraction of sp³-hybridized carbons (Fsp3) is 0.600. The molecule has 0 aliphatic carbocycles. The summed E-state index contributed by atoms with van der Waals surface area (Å²) in [4.78, 5) is 10.3. The van der Waals surface area contributed by atoms with Crippen LogP contribution >= 0.6 is 15.9 Å². The van der Waals surface area contributed by atoms with Crippen LogP contribution in [0.2, 0.25) is 0 Å². The van der Waals surface area contributed by atoms with Gasteiger partial charge in [-0.3, -0.25) is 0 Å². The van der Waals surface area contributed by atoms with E-state index in [1.807, 2.05) is 14.1 Å². The summed E-state index contributed by atoms with van der Waals surface area (Å²) in [5.74, 6) is 0.624. The Balaban J connectivity index is 2.05. The molecule has 6 heteroatoms. The molecule has 1 heterocycles. The molecule has 1 aromatic rings. The maximum Gasteiger partial charge on any atom is 0.222 e. The Morgan fingerprint density at radius 1 is 1.31 bits per heavy atom. The molecule has 0 saturated heterocycles. The van der Waals surface area contributed by atoms with E-state index in [1.54, 1.807) is 12.4 Å². The van der Waals surface area contributed by atoms with Gasteiger partial charge in [0.05, 0.1) is 17.7 Å². The van der Waals surface area contributed by atoms with Crippen LogP contribution in [0.4, 0.5) is 5.95 Å². The maximum absolute atomic E-state index is 5.42. The van der Waals surface area contributed by atoms with Crippen molar-refractivity contribution in [2.45, 2.75) is 0 Å². The van der Waals surface area contributed by atoms with Crippen molar-refractivity contribution < 1.29 is 4.74 Å². The molecule has 0 radical (unpaired) electrons. The summed E-state index contributed by atoms with van der Waals surface area (Å²) in [6, 6.07) is 0. The van der Waals surface area contributed by atoms with Gasteiger partial charge in [-0.1, -0.05) is 0 Å². The molecule has 1 N–H and O–H groups in total. The minimum Gasteiger partial charge on any atom is -0.378 e. The molecular formula is C10H17BrN4O. The Bertz CT molecular complexity index is 291. The normalized spacial score (nSPS) is 10.8. The van der Waals surface area contributed by atoms with Gasteiger partial charge in [0.1, 0.15) is 0 Å². The van der Waals surface area contributed by atoms with Crippen molar-refractivity contribution in [3.8, 4) is 0 Å². The third-order valence-corrected chi connectivity index (χ3v) is 2.24. The topological polar surface area (TPSA) is 50.3 Å². The highest BCUT2D eigenvalue weighted by atomic mass is 79.9. The Hall–Kier alpha value is -0.720. The number of nitrogens with one attached hydrogen (secondary N) is 1. The van der Waals surface area contributed by atoms with Crippen LogP contribution in [0.3, 0.4) is 0 Å². The van der Waals surface area contributed by atoms with Crippen LogP contribution in [-0.4, -0.2) is 55.3 Å². The standard InChI is InChI=1S/C10H17BrN4O/c1-15(2)4-6-16-5-3-12-10-13-7-9(11)8-14-10/h7-8H,3-6H2,1-2H3,(H,12,13,14). The van der Waals surface area contributed by atoms with Gasteiger partial charge in [-0.2, -0.15) is 0 Å². The van der Waals surface area contributed by atoms with Crippen LogP contribution in [0.5, 0.6) is 0 Å². The van der Waals surface area contributed by atoms with Crippen LogP contribution in [0.25, 0.3) is 0 Å². The molecule has 0 amide bonds. The summed E-state index contributed by atoms with van der Waals surface area (Å²) in [5.41, 5.74) is 0. The van der Waals surface area contributed by atoms with E-state index in [0.717, 1.165) is 24.2 Å². The first-order chi connectivity index (χ1) is 7.68. The summed E-state index contributed by atoms with van der Waals surface area (Å²) >= 11 is 3.28. The first-order valence-electron chi connectivity index (χ1n) is 5.12. The fourth-order valence-corrected chi connectivity index (χ4v) is 1.19. The zero-order valence-corrected chi connectivity index (χ0v) is 11.2.